The van der Waals surface area contributed by atoms with E-state index in [9.17, 15) is 34.1 Å². The number of carboxylic acids is 1. The zero-order chi connectivity index (χ0) is 29.6. The zero-order valence-electron chi connectivity index (χ0n) is 21.9. The fourth-order valence-electron chi connectivity index (χ4n) is 5.46. The summed E-state index contributed by atoms with van der Waals surface area (Å²) in [5.74, 6) is -1.50. The van der Waals surface area contributed by atoms with Gasteiger partial charge in [-0.05, 0) is 66.5 Å². The molecule has 2 unspecified atom stereocenters. The molecule has 1 aliphatic rings. The van der Waals surface area contributed by atoms with Crippen LogP contribution in [0.1, 0.15) is 55.5 Å². The van der Waals surface area contributed by atoms with Crippen molar-refractivity contribution in [3.05, 3.63) is 71.1 Å². The summed E-state index contributed by atoms with van der Waals surface area (Å²) in [6, 6.07) is 6.07. The normalized spacial score (nSPS) is 22.3. The zero-order valence-corrected chi connectivity index (χ0v) is 23.5. The van der Waals surface area contributed by atoms with Crippen LogP contribution in [0.4, 0.5) is 19.4 Å². The first-order valence-corrected chi connectivity index (χ1v) is 15.4. The topological polar surface area (TPSA) is 75.6 Å². The van der Waals surface area contributed by atoms with Crippen molar-refractivity contribution >= 4 is 43.5 Å². The van der Waals surface area contributed by atoms with Gasteiger partial charge in [0.25, 0.3) is 5.91 Å². The molecule has 1 fully saturated rings. The number of hydrogen-bond acceptors (Lipinski definition) is 4. The molecule has 3 atom stereocenters. The molecule has 1 aliphatic carbocycles. The second kappa shape index (κ2) is 9.76. The Labute approximate surface area is 232 Å². The Balaban J connectivity index is 1.61. The molecular formula is C28H30F5NO4S2. The molecule has 2 N–H and O–H groups in total. The van der Waals surface area contributed by atoms with E-state index >= 15 is 0 Å². The molecule has 0 bridgehead atoms. The van der Waals surface area contributed by atoms with Gasteiger partial charge in [-0.3, -0.25) is 4.79 Å². The molecule has 0 aliphatic heterocycles. The Hall–Kier alpha value is -3.12. The standard InChI is InChI=1S/C28H30F5NO4S2/c1-4-18-13-17(2)14-28(3,15-18)25(27(36)37)34-26(35)22-9-10-23-21(11-12-39-23)24(22)38-16-19-5-7-20(8-6-19)40(29,30,31,32)33/h5-12,18,25H,2,4,13-16H2,1,3H3,(H,34,35)(H,36,37)/t18?,25?,28-/m1/s1. The van der Waals surface area contributed by atoms with Gasteiger partial charge in [0.2, 0.25) is 0 Å². The molecule has 2 aromatic carbocycles. The molecular weight excluding hydrogens is 573 g/mol. The quantitative estimate of drug-likeness (QED) is 0.189. The van der Waals surface area contributed by atoms with Crippen LogP contribution in [-0.4, -0.2) is 23.0 Å². The number of carboxylic acid groups (broad SMARTS) is 1. The summed E-state index contributed by atoms with van der Waals surface area (Å²) in [4.78, 5) is 23.9. The molecule has 218 valence electrons. The SMILES string of the molecule is C=C1CC(CC)C[C@](C)(C(NC(=O)c2ccc3sccc3c2OCc2ccc(S(F)(F)(F)(F)F)cc2)C(=O)O)C1. The van der Waals surface area contributed by atoms with Crippen LogP contribution in [0.3, 0.4) is 0 Å². The Morgan fingerprint density at radius 2 is 1.82 bits per heavy atom. The van der Waals surface area contributed by atoms with Gasteiger partial charge in [-0.25, -0.2) is 4.79 Å². The van der Waals surface area contributed by atoms with Crippen LogP contribution in [0.5, 0.6) is 5.75 Å². The van der Waals surface area contributed by atoms with E-state index in [0.29, 0.717) is 30.4 Å². The van der Waals surface area contributed by atoms with Gasteiger partial charge in [-0.2, -0.15) is 0 Å². The molecule has 1 amide bonds. The first-order chi connectivity index (χ1) is 18.4. The van der Waals surface area contributed by atoms with Crippen LogP contribution in [0.25, 0.3) is 10.1 Å². The second-order valence-electron chi connectivity index (χ2n) is 10.7. The maximum atomic E-state index is 13.5. The van der Waals surface area contributed by atoms with Crippen LogP contribution in [0.15, 0.2) is 64.9 Å². The Bertz CT molecular complexity index is 1470. The first-order valence-electron chi connectivity index (χ1n) is 12.6. The highest BCUT2D eigenvalue weighted by Gasteiger charge is 2.65. The molecule has 1 aromatic heterocycles. The van der Waals surface area contributed by atoms with Crippen LogP contribution < -0.4 is 10.1 Å². The van der Waals surface area contributed by atoms with E-state index < -0.39 is 38.5 Å². The number of hydrogen-bond donors (Lipinski definition) is 2. The van der Waals surface area contributed by atoms with Crippen molar-refractivity contribution in [1.82, 2.24) is 5.32 Å². The summed E-state index contributed by atoms with van der Waals surface area (Å²) in [5.41, 5.74) is 0.383. The number of benzene rings is 2. The lowest BCUT2D eigenvalue weighted by Crippen LogP contribution is -2.53. The summed E-state index contributed by atoms with van der Waals surface area (Å²) in [6.07, 6.45) is 2.71. The van der Waals surface area contributed by atoms with E-state index in [2.05, 4.69) is 11.9 Å². The molecule has 5 nitrogen and oxygen atoms in total. The molecule has 1 heterocycles. The highest BCUT2D eigenvalue weighted by Crippen LogP contribution is 3.02. The molecule has 0 saturated heterocycles. The highest BCUT2D eigenvalue weighted by molar-refractivity contribution is 8.45. The number of amides is 1. The van der Waals surface area contributed by atoms with Crippen molar-refractivity contribution < 1.29 is 38.9 Å². The molecule has 40 heavy (non-hydrogen) atoms. The minimum absolute atomic E-state index is 0.0473. The van der Waals surface area contributed by atoms with Gasteiger partial charge in [-0.15, -0.1) is 11.3 Å². The van der Waals surface area contributed by atoms with E-state index in [1.54, 1.807) is 17.5 Å². The number of halogens is 5. The number of rotatable bonds is 9. The number of thiophene rings is 1. The highest BCUT2D eigenvalue weighted by atomic mass is 32.5. The summed E-state index contributed by atoms with van der Waals surface area (Å²) in [5, 5.41) is 15.1. The maximum Gasteiger partial charge on any atom is 0.326 e. The van der Waals surface area contributed by atoms with Gasteiger partial charge in [0, 0.05) is 15.5 Å². The maximum absolute atomic E-state index is 13.5. The smallest absolute Gasteiger partial charge is 0.326 e. The van der Waals surface area contributed by atoms with Crippen molar-refractivity contribution in [3.8, 4) is 5.75 Å². The van der Waals surface area contributed by atoms with E-state index in [1.165, 1.54) is 17.4 Å². The predicted molar refractivity (Wildman–Crippen MR) is 148 cm³/mol. The number of ether oxygens (including phenoxy) is 1. The lowest BCUT2D eigenvalue weighted by molar-refractivity contribution is -0.143. The van der Waals surface area contributed by atoms with E-state index in [-0.39, 0.29) is 29.4 Å². The van der Waals surface area contributed by atoms with Crippen LogP contribution in [0.2, 0.25) is 0 Å². The summed E-state index contributed by atoms with van der Waals surface area (Å²) in [7, 11) is -9.81. The van der Waals surface area contributed by atoms with Crippen molar-refractivity contribution in [1.29, 1.82) is 0 Å². The van der Waals surface area contributed by atoms with Gasteiger partial charge in [0.15, 0.2) is 0 Å². The minimum Gasteiger partial charge on any atom is -0.487 e. The monoisotopic (exact) mass is 603 g/mol. The first kappa shape index (κ1) is 29.9. The number of allylic oxidation sites excluding steroid dienone is 1. The largest absolute Gasteiger partial charge is 0.487 e. The van der Waals surface area contributed by atoms with Gasteiger partial charge >= 0.3 is 16.2 Å². The van der Waals surface area contributed by atoms with Crippen LogP contribution >= 0.6 is 21.6 Å². The molecule has 0 spiro atoms. The Morgan fingerprint density at radius 3 is 2.42 bits per heavy atom. The summed E-state index contributed by atoms with van der Waals surface area (Å²) < 4.78 is 72.0. The number of carbonyl (C=O) groups excluding carboxylic acids is 1. The van der Waals surface area contributed by atoms with Gasteiger partial charge in [0.1, 0.15) is 23.3 Å². The molecule has 12 heteroatoms. The molecule has 4 rings (SSSR count). The van der Waals surface area contributed by atoms with Crippen molar-refractivity contribution in [3.63, 3.8) is 0 Å². The average molecular weight is 604 g/mol. The summed E-state index contributed by atoms with van der Waals surface area (Å²) >= 11 is 1.37. The molecule has 0 radical (unpaired) electrons. The fourth-order valence-corrected chi connectivity index (χ4v) is 6.89. The third kappa shape index (κ3) is 6.43. The van der Waals surface area contributed by atoms with Crippen LogP contribution in [-0.2, 0) is 11.4 Å². The van der Waals surface area contributed by atoms with Gasteiger partial charge in [0.05, 0.1) is 5.56 Å². The number of nitrogens with one attached hydrogen (secondary N) is 1. The lowest BCUT2D eigenvalue weighted by atomic mass is 9.64. The Kier molecular flexibility index (Phi) is 7.28. The third-order valence-corrected chi connectivity index (χ3v) is 9.41. The van der Waals surface area contributed by atoms with Crippen LogP contribution in [0, 0.1) is 11.3 Å². The van der Waals surface area contributed by atoms with Crippen molar-refractivity contribution in [2.75, 3.05) is 0 Å². The molecule has 1 saturated carbocycles. The lowest BCUT2D eigenvalue weighted by Gasteiger charge is -2.43. The van der Waals surface area contributed by atoms with E-state index in [4.69, 9.17) is 4.74 Å². The van der Waals surface area contributed by atoms with Crippen molar-refractivity contribution in [2.45, 2.75) is 57.1 Å². The Morgan fingerprint density at radius 1 is 1.15 bits per heavy atom. The second-order valence-corrected chi connectivity index (χ2v) is 14.0. The number of aliphatic carboxylic acids is 1. The van der Waals surface area contributed by atoms with Crippen molar-refractivity contribution in [2.24, 2.45) is 11.3 Å². The fraction of sp³-hybridized carbons (Fsp3) is 0.357. The predicted octanol–water partition coefficient (Wildman–Crippen LogP) is 9.09. The molecule has 3 aromatic rings. The number of fused-ring (bicyclic) bond motifs is 1. The van der Waals surface area contributed by atoms with E-state index in [1.807, 2.05) is 13.8 Å². The van der Waals surface area contributed by atoms with E-state index in [0.717, 1.165) is 35.2 Å². The van der Waals surface area contributed by atoms with Gasteiger partial charge in [-0.1, -0.05) is 64.0 Å². The third-order valence-electron chi connectivity index (χ3n) is 7.37. The summed E-state index contributed by atoms with van der Waals surface area (Å²) in [6.45, 7) is 7.63. The minimum atomic E-state index is -9.81. The number of carbonyl (C=O) groups is 2. The average Bonchev–Trinajstić information content (AvgIpc) is 3.33. The van der Waals surface area contributed by atoms with Gasteiger partial charge < -0.3 is 15.2 Å².